The number of carbonyl (C=O) groups excluding carboxylic acids is 1. The Hall–Kier alpha value is -2.25. The van der Waals surface area contributed by atoms with Gasteiger partial charge in [-0.15, -0.1) is 11.8 Å². The molecule has 1 aliphatic heterocycles. The lowest BCUT2D eigenvalue weighted by atomic mass is 10.2. The summed E-state index contributed by atoms with van der Waals surface area (Å²) in [7, 11) is 0. The number of rotatable bonds is 4. The summed E-state index contributed by atoms with van der Waals surface area (Å²) in [5.74, 6) is 1.03. The first-order valence-electron chi connectivity index (χ1n) is 7.14. The fourth-order valence-corrected chi connectivity index (χ4v) is 3.48. The molecule has 0 fully saturated rings. The number of anilines is 1. The fraction of sp³-hybridized carbons (Fsp3) is 0.188. The van der Waals surface area contributed by atoms with Crippen LogP contribution in [0.25, 0.3) is 0 Å². The Kier molecular flexibility index (Phi) is 4.92. The summed E-state index contributed by atoms with van der Waals surface area (Å²) >= 11 is 7.71. The van der Waals surface area contributed by atoms with Gasteiger partial charge in [-0.3, -0.25) is 14.9 Å². The van der Waals surface area contributed by atoms with Crippen LogP contribution in [0.4, 0.5) is 11.4 Å². The zero-order valence-electron chi connectivity index (χ0n) is 12.5. The summed E-state index contributed by atoms with van der Waals surface area (Å²) in [6.07, 6.45) is 0. The molecule has 0 aliphatic carbocycles. The first-order valence-corrected chi connectivity index (χ1v) is 8.51. The molecule has 1 aliphatic rings. The van der Waals surface area contributed by atoms with E-state index >= 15 is 0 Å². The van der Waals surface area contributed by atoms with Crippen LogP contribution in [0, 0.1) is 10.1 Å². The van der Waals surface area contributed by atoms with Gasteiger partial charge in [0.05, 0.1) is 10.6 Å². The third kappa shape index (κ3) is 3.63. The van der Waals surface area contributed by atoms with Crippen molar-refractivity contribution in [3.63, 3.8) is 0 Å². The summed E-state index contributed by atoms with van der Waals surface area (Å²) < 4.78 is 5.45. The molecule has 0 radical (unpaired) electrons. The second-order valence-electron chi connectivity index (χ2n) is 5.05. The van der Waals surface area contributed by atoms with Gasteiger partial charge in [-0.1, -0.05) is 11.6 Å². The number of thioether (sulfide) groups is 1. The Morgan fingerprint density at radius 1 is 1.29 bits per heavy atom. The molecule has 6 nitrogen and oxygen atoms in total. The zero-order valence-corrected chi connectivity index (χ0v) is 14.0. The van der Waals surface area contributed by atoms with Gasteiger partial charge in [0.25, 0.3) is 11.6 Å². The molecule has 0 unspecified atom stereocenters. The number of benzene rings is 2. The third-order valence-corrected chi connectivity index (χ3v) is 4.77. The van der Waals surface area contributed by atoms with Crippen LogP contribution in [0.1, 0.15) is 0 Å². The number of nitrogens with zero attached hydrogens (tertiary/aromatic N) is 2. The standard InChI is InChI=1S/C16H13ClN2O4S/c17-11-1-6-15-14(9-11)18(7-8-24-15)16(20)10-23-13-4-2-12(3-5-13)19(21)22/h1-6,9H,7-8,10H2. The topological polar surface area (TPSA) is 72.7 Å². The van der Waals surface area contributed by atoms with Crippen molar-refractivity contribution >= 4 is 40.6 Å². The number of amides is 1. The molecule has 2 aromatic rings. The zero-order chi connectivity index (χ0) is 17.1. The molecular formula is C16H13ClN2O4S. The number of hydrogen-bond donors (Lipinski definition) is 0. The van der Waals surface area contributed by atoms with Crippen LogP contribution < -0.4 is 9.64 Å². The maximum absolute atomic E-state index is 12.5. The van der Waals surface area contributed by atoms with E-state index in [9.17, 15) is 14.9 Å². The Balaban J connectivity index is 1.68. The van der Waals surface area contributed by atoms with E-state index in [0.29, 0.717) is 17.3 Å². The fourth-order valence-electron chi connectivity index (χ4n) is 2.34. The van der Waals surface area contributed by atoms with Gasteiger partial charge in [-0.2, -0.15) is 0 Å². The molecule has 0 N–H and O–H groups in total. The van der Waals surface area contributed by atoms with Crippen LogP contribution in [0.3, 0.4) is 0 Å². The van der Waals surface area contributed by atoms with E-state index < -0.39 is 4.92 Å². The number of carbonyl (C=O) groups is 1. The predicted molar refractivity (Wildman–Crippen MR) is 93.1 cm³/mol. The summed E-state index contributed by atoms with van der Waals surface area (Å²) in [6, 6.07) is 11.1. The molecule has 124 valence electrons. The van der Waals surface area contributed by atoms with Gasteiger partial charge in [0.2, 0.25) is 0 Å². The van der Waals surface area contributed by atoms with Crippen molar-refractivity contribution in [3.8, 4) is 5.75 Å². The number of fused-ring (bicyclic) bond motifs is 1. The smallest absolute Gasteiger partial charge is 0.269 e. The molecule has 0 saturated heterocycles. The Labute approximate surface area is 147 Å². The van der Waals surface area contributed by atoms with Gasteiger partial charge in [-0.25, -0.2) is 0 Å². The Morgan fingerprint density at radius 2 is 2.04 bits per heavy atom. The van der Waals surface area contributed by atoms with E-state index in [2.05, 4.69) is 0 Å². The molecule has 0 saturated carbocycles. The van der Waals surface area contributed by atoms with Crippen molar-refractivity contribution < 1.29 is 14.5 Å². The Morgan fingerprint density at radius 3 is 2.75 bits per heavy atom. The summed E-state index contributed by atoms with van der Waals surface area (Å²) in [5.41, 5.74) is 0.765. The summed E-state index contributed by atoms with van der Waals surface area (Å²) in [6.45, 7) is 0.439. The molecule has 24 heavy (non-hydrogen) atoms. The van der Waals surface area contributed by atoms with Crippen molar-refractivity contribution in [3.05, 3.63) is 57.6 Å². The van der Waals surface area contributed by atoms with E-state index in [1.165, 1.54) is 24.3 Å². The van der Waals surface area contributed by atoms with E-state index in [1.807, 2.05) is 6.07 Å². The number of halogens is 1. The second kappa shape index (κ2) is 7.11. The normalized spacial score (nSPS) is 13.3. The van der Waals surface area contributed by atoms with E-state index in [4.69, 9.17) is 16.3 Å². The van der Waals surface area contributed by atoms with E-state index in [1.54, 1.807) is 28.8 Å². The van der Waals surface area contributed by atoms with Crippen LogP contribution in [0.5, 0.6) is 5.75 Å². The molecular weight excluding hydrogens is 352 g/mol. The lowest BCUT2D eigenvalue weighted by Gasteiger charge is -2.29. The van der Waals surface area contributed by atoms with Crippen LogP contribution in [-0.2, 0) is 4.79 Å². The van der Waals surface area contributed by atoms with Gasteiger partial charge in [-0.05, 0) is 30.3 Å². The molecule has 0 aromatic heterocycles. The monoisotopic (exact) mass is 364 g/mol. The quantitative estimate of drug-likeness (QED) is 0.610. The first-order chi connectivity index (χ1) is 11.5. The van der Waals surface area contributed by atoms with E-state index in [0.717, 1.165) is 16.3 Å². The van der Waals surface area contributed by atoms with Gasteiger partial charge in [0.15, 0.2) is 6.61 Å². The number of nitro benzene ring substituents is 1. The SMILES string of the molecule is O=C(COc1ccc([N+](=O)[O-])cc1)N1CCSc2ccc(Cl)cc21. The minimum absolute atomic E-state index is 0.0229. The van der Waals surface area contributed by atoms with Crippen molar-refractivity contribution in [2.24, 2.45) is 0 Å². The molecule has 0 bridgehead atoms. The molecule has 8 heteroatoms. The lowest BCUT2D eigenvalue weighted by molar-refractivity contribution is -0.384. The first kappa shape index (κ1) is 16.6. The molecule has 0 spiro atoms. The van der Waals surface area contributed by atoms with Crippen LogP contribution in [-0.4, -0.2) is 29.7 Å². The van der Waals surface area contributed by atoms with Crippen LogP contribution in [0.15, 0.2) is 47.4 Å². The van der Waals surface area contributed by atoms with Crippen LogP contribution in [0.2, 0.25) is 5.02 Å². The second-order valence-corrected chi connectivity index (χ2v) is 6.62. The number of non-ortho nitro benzene ring substituents is 1. The molecule has 1 amide bonds. The molecule has 0 atom stereocenters. The average Bonchev–Trinajstić information content (AvgIpc) is 2.59. The summed E-state index contributed by atoms with van der Waals surface area (Å²) in [5, 5.41) is 11.2. The highest BCUT2D eigenvalue weighted by molar-refractivity contribution is 7.99. The molecule has 2 aromatic carbocycles. The highest BCUT2D eigenvalue weighted by atomic mass is 35.5. The highest BCUT2D eigenvalue weighted by Crippen LogP contribution is 2.36. The maximum atomic E-state index is 12.5. The van der Waals surface area contributed by atoms with Gasteiger partial charge < -0.3 is 9.64 Å². The van der Waals surface area contributed by atoms with E-state index in [-0.39, 0.29) is 18.2 Å². The predicted octanol–water partition coefficient (Wildman–Crippen LogP) is 3.77. The maximum Gasteiger partial charge on any atom is 0.269 e. The van der Waals surface area contributed by atoms with Gasteiger partial charge >= 0.3 is 0 Å². The number of ether oxygens (including phenoxy) is 1. The molecule has 1 heterocycles. The van der Waals surface area contributed by atoms with Crippen molar-refractivity contribution in [1.29, 1.82) is 0 Å². The van der Waals surface area contributed by atoms with Crippen molar-refractivity contribution in [2.75, 3.05) is 23.8 Å². The van der Waals surface area contributed by atoms with Crippen molar-refractivity contribution in [2.45, 2.75) is 4.90 Å². The minimum atomic E-state index is -0.485. The van der Waals surface area contributed by atoms with Gasteiger partial charge in [0.1, 0.15) is 5.75 Å². The third-order valence-electron chi connectivity index (χ3n) is 3.50. The summed E-state index contributed by atoms with van der Waals surface area (Å²) in [4.78, 5) is 25.3. The number of nitro groups is 1. The van der Waals surface area contributed by atoms with Crippen molar-refractivity contribution in [1.82, 2.24) is 0 Å². The Bertz CT molecular complexity index is 782. The number of hydrogen-bond acceptors (Lipinski definition) is 5. The highest BCUT2D eigenvalue weighted by Gasteiger charge is 2.23. The minimum Gasteiger partial charge on any atom is -0.484 e. The average molecular weight is 365 g/mol. The van der Waals surface area contributed by atoms with Crippen LogP contribution >= 0.6 is 23.4 Å². The molecule has 3 rings (SSSR count). The largest absolute Gasteiger partial charge is 0.484 e. The lowest BCUT2D eigenvalue weighted by Crippen LogP contribution is -2.38. The van der Waals surface area contributed by atoms with Gasteiger partial charge in [0, 0.05) is 34.3 Å².